The second-order valence-corrected chi connectivity index (χ2v) is 4.84. The molecule has 0 heterocycles. The SMILES string of the molecule is O=C(O)CCCC#CCc1ccc(-c2ccccc2)cc1. The van der Waals surface area contributed by atoms with Gasteiger partial charge in [-0.25, -0.2) is 0 Å². The normalized spacial score (nSPS) is 9.71. The number of rotatable bonds is 5. The van der Waals surface area contributed by atoms with E-state index in [4.69, 9.17) is 5.11 Å². The summed E-state index contributed by atoms with van der Waals surface area (Å²) in [5, 5.41) is 8.52. The van der Waals surface area contributed by atoms with Crippen LogP contribution in [0.2, 0.25) is 0 Å². The maximum atomic E-state index is 10.4. The van der Waals surface area contributed by atoms with E-state index in [-0.39, 0.29) is 6.42 Å². The number of hydrogen-bond acceptors (Lipinski definition) is 1. The average molecular weight is 278 g/mol. The first-order chi connectivity index (χ1) is 10.3. The number of hydrogen-bond donors (Lipinski definition) is 1. The molecule has 2 aromatic carbocycles. The molecular weight excluding hydrogens is 260 g/mol. The van der Waals surface area contributed by atoms with Crippen molar-refractivity contribution in [2.45, 2.75) is 25.7 Å². The molecule has 21 heavy (non-hydrogen) atoms. The van der Waals surface area contributed by atoms with Gasteiger partial charge in [0, 0.05) is 19.3 Å². The predicted molar refractivity (Wildman–Crippen MR) is 84.8 cm³/mol. The Hall–Kier alpha value is -2.53. The van der Waals surface area contributed by atoms with E-state index in [1.165, 1.54) is 16.7 Å². The predicted octanol–water partition coefficient (Wildman–Crippen LogP) is 4.15. The van der Waals surface area contributed by atoms with E-state index in [1.807, 2.05) is 18.2 Å². The van der Waals surface area contributed by atoms with Crippen molar-refractivity contribution in [2.75, 3.05) is 0 Å². The highest BCUT2D eigenvalue weighted by atomic mass is 16.4. The van der Waals surface area contributed by atoms with Gasteiger partial charge in [-0.15, -0.1) is 5.92 Å². The zero-order valence-corrected chi connectivity index (χ0v) is 11.9. The van der Waals surface area contributed by atoms with Crippen molar-refractivity contribution in [1.29, 1.82) is 0 Å². The lowest BCUT2D eigenvalue weighted by atomic mass is 10.0. The van der Waals surface area contributed by atoms with Gasteiger partial charge >= 0.3 is 5.97 Å². The van der Waals surface area contributed by atoms with Gasteiger partial charge in [0.1, 0.15) is 0 Å². The molecule has 0 aliphatic rings. The van der Waals surface area contributed by atoms with E-state index in [1.54, 1.807) is 0 Å². The Balaban J connectivity index is 1.86. The van der Waals surface area contributed by atoms with Crippen molar-refractivity contribution in [3.05, 3.63) is 60.2 Å². The van der Waals surface area contributed by atoms with E-state index >= 15 is 0 Å². The van der Waals surface area contributed by atoms with Crippen molar-refractivity contribution in [3.8, 4) is 23.0 Å². The van der Waals surface area contributed by atoms with Gasteiger partial charge in [-0.1, -0.05) is 60.5 Å². The van der Waals surface area contributed by atoms with Crippen LogP contribution < -0.4 is 0 Å². The quantitative estimate of drug-likeness (QED) is 0.659. The fourth-order valence-electron chi connectivity index (χ4n) is 2.03. The highest BCUT2D eigenvalue weighted by Gasteiger charge is 1.96. The van der Waals surface area contributed by atoms with Crippen molar-refractivity contribution < 1.29 is 9.90 Å². The number of carboxylic acid groups (broad SMARTS) is 1. The first-order valence-corrected chi connectivity index (χ1v) is 7.07. The molecule has 0 radical (unpaired) electrons. The molecule has 0 atom stereocenters. The van der Waals surface area contributed by atoms with Crippen molar-refractivity contribution in [1.82, 2.24) is 0 Å². The summed E-state index contributed by atoms with van der Waals surface area (Å²) in [5.41, 5.74) is 3.60. The molecule has 0 aliphatic carbocycles. The molecule has 0 amide bonds. The maximum absolute atomic E-state index is 10.4. The number of aliphatic carboxylic acids is 1. The summed E-state index contributed by atoms with van der Waals surface area (Å²) in [6, 6.07) is 18.7. The first-order valence-electron chi connectivity index (χ1n) is 7.07. The van der Waals surface area contributed by atoms with Crippen LogP contribution in [-0.2, 0) is 11.2 Å². The van der Waals surface area contributed by atoms with Gasteiger partial charge in [-0.3, -0.25) is 4.79 Å². The third kappa shape index (κ3) is 5.16. The summed E-state index contributed by atoms with van der Waals surface area (Å²) in [5.74, 6) is 5.36. The van der Waals surface area contributed by atoms with Gasteiger partial charge in [0.2, 0.25) is 0 Å². The van der Waals surface area contributed by atoms with Crippen LogP contribution in [0.15, 0.2) is 54.6 Å². The summed E-state index contributed by atoms with van der Waals surface area (Å²) in [6.07, 6.45) is 2.17. The van der Waals surface area contributed by atoms with Crippen LogP contribution in [0.25, 0.3) is 11.1 Å². The Kier molecular flexibility index (Phi) is 5.60. The molecule has 0 fully saturated rings. The molecule has 0 unspecified atom stereocenters. The van der Waals surface area contributed by atoms with Crippen molar-refractivity contribution >= 4 is 5.97 Å². The zero-order valence-electron chi connectivity index (χ0n) is 11.9. The fraction of sp³-hybridized carbons (Fsp3) is 0.211. The lowest BCUT2D eigenvalue weighted by molar-refractivity contribution is -0.137. The van der Waals surface area contributed by atoms with Crippen LogP contribution in [0.4, 0.5) is 0 Å². The fourth-order valence-corrected chi connectivity index (χ4v) is 2.03. The molecule has 1 N–H and O–H groups in total. The summed E-state index contributed by atoms with van der Waals surface area (Å²) in [4.78, 5) is 10.4. The molecule has 0 bridgehead atoms. The summed E-state index contributed by atoms with van der Waals surface area (Å²) < 4.78 is 0. The lowest BCUT2D eigenvalue weighted by Crippen LogP contribution is -1.92. The Labute approximate surface area is 125 Å². The monoisotopic (exact) mass is 278 g/mol. The van der Waals surface area contributed by atoms with Crippen molar-refractivity contribution in [2.24, 2.45) is 0 Å². The largest absolute Gasteiger partial charge is 0.481 e. The summed E-state index contributed by atoms with van der Waals surface area (Å²) in [7, 11) is 0. The van der Waals surface area contributed by atoms with Crippen LogP contribution in [0.3, 0.4) is 0 Å². The van der Waals surface area contributed by atoms with Gasteiger partial charge in [0.05, 0.1) is 0 Å². The highest BCUT2D eigenvalue weighted by molar-refractivity contribution is 5.66. The van der Waals surface area contributed by atoms with Crippen LogP contribution in [-0.4, -0.2) is 11.1 Å². The highest BCUT2D eigenvalue weighted by Crippen LogP contribution is 2.19. The van der Waals surface area contributed by atoms with Gasteiger partial charge in [-0.2, -0.15) is 0 Å². The van der Waals surface area contributed by atoms with E-state index in [2.05, 4.69) is 48.2 Å². The van der Waals surface area contributed by atoms with Gasteiger partial charge < -0.3 is 5.11 Å². The Morgan fingerprint density at radius 1 is 0.905 bits per heavy atom. The minimum atomic E-state index is -0.756. The Bertz CT molecular complexity index is 631. The smallest absolute Gasteiger partial charge is 0.303 e. The topological polar surface area (TPSA) is 37.3 Å². The van der Waals surface area contributed by atoms with E-state index in [0.29, 0.717) is 19.3 Å². The molecule has 2 heteroatoms. The summed E-state index contributed by atoms with van der Waals surface area (Å²) >= 11 is 0. The average Bonchev–Trinajstić information content (AvgIpc) is 2.52. The van der Waals surface area contributed by atoms with Gasteiger partial charge in [-0.05, 0) is 23.1 Å². The molecule has 0 spiro atoms. The number of carboxylic acids is 1. The van der Waals surface area contributed by atoms with Crippen LogP contribution >= 0.6 is 0 Å². The number of benzene rings is 2. The van der Waals surface area contributed by atoms with Crippen molar-refractivity contribution in [3.63, 3.8) is 0 Å². The molecule has 2 nitrogen and oxygen atoms in total. The molecule has 2 rings (SSSR count). The summed E-state index contributed by atoms with van der Waals surface area (Å²) in [6.45, 7) is 0. The van der Waals surface area contributed by atoms with Crippen LogP contribution in [0.5, 0.6) is 0 Å². The molecule has 0 aromatic heterocycles. The molecule has 106 valence electrons. The van der Waals surface area contributed by atoms with E-state index in [9.17, 15) is 4.79 Å². The van der Waals surface area contributed by atoms with Gasteiger partial charge in [0.25, 0.3) is 0 Å². The Morgan fingerprint density at radius 3 is 2.24 bits per heavy atom. The second-order valence-electron chi connectivity index (χ2n) is 4.84. The van der Waals surface area contributed by atoms with Crippen LogP contribution in [0.1, 0.15) is 24.8 Å². The van der Waals surface area contributed by atoms with E-state index in [0.717, 1.165) is 0 Å². The molecule has 2 aromatic rings. The lowest BCUT2D eigenvalue weighted by Gasteiger charge is -2.02. The zero-order chi connectivity index (χ0) is 14.9. The second kappa shape index (κ2) is 7.91. The minimum Gasteiger partial charge on any atom is -0.481 e. The first kappa shape index (κ1) is 14.9. The maximum Gasteiger partial charge on any atom is 0.303 e. The molecule has 0 saturated heterocycles. The molecule has 0 aliphatic heterocycles. The Morgan fingerprint density at radius 2 is 1.57 bits per heavy atom. The third-order valence-corrected chi connectivity index (χ3v) is 3.17. The van der Waals surface area contributed by atoms with Gasteiger partial charge in [0.15, 0.2) is 0 Å². The van der Waals surface area contributed by atoms with E-state index < -0.39 is 5.97 Å². The van der Waals surface area contributed by atoms with Crippen LogP contribution in [0, 0.1) is 11.8 Å². The standard InChI is InChI=1S/C19H18O2/c20-19(21)11-7-2-1-4-8-16-12-14-18(15-13-16)17-9-5-3-6-10-17/h3,5-6,9-10,12-15H,2,7-8,11H2,(H,20,21). The molecular formula is C19H18O2. The molecule has 0 saturated carbocycles. The minimum absolute atomic E-state index is 0.195. The number of unbranched alkanes of at least 4 members (excludes halogenated alkanes) is 1. The number of carbonyl (C=O) groups is 1. The third-order valence-electron chi connectivity index (χ3n) is 3.17.